The van der Waals surface area contributed by atoms with Gasteiger partial charge in [-0.1, -0.05) is 32.6 Å². The van der Waals surface area contributed by atoms with Gasteiger partial charge in [-0.15, -0.1) is 0 Å². The number of carbonyl (C=O) groups is 1. The summed E-state index contributed by atoms with van der Waals surface area (Å²) < 4.78 is 2.04. The number of likely N-dealkylation sites (N-methyl/N-ethyl adjacent to an activating group) is 1. The molecule has 0 aromatic carbocycles. The van der Waals surface area contributed by atoms with Crippen molar-refractivity contribution in [3.05, 3.63) is 33.2 Å². The zero-order chi connectivity index (χ0) is 18.7. The van der Waals surface area contributed by atoms with Gasteiger partial charge in [0.2, 0.25) is 0 Å². The van der Waals surface area contributed by atoms with Crippen molar-refractivity contribution < 1.29 is 4.79 Å². The number of aromatic nitrogens is 1. The molecule has 1 aliphatic carbocycles. The fourth-order valence-corrected chi connectivity index (χ4v) is 4.69. The lowest BCUT2D eigenvalue weighted by Crippen LogP contribution is -2.41. The van der Waals surface area contributed by atoms with Gasteiger partial charge in [0.25, 0.3) is 5.91 Å². The molecular weight excluding hydrogens is 326 g/mol. The van der Waals surface area contributed by atoms with Gasteiger partial charge in [0.05, 0.1) is 0 Å². The monoisotopic (exact) mass is 359 g/mol. The van der Waals surface area contributed by atoms with Crippen molar-refractivity contribution in [1.82, 2.24) is 14.8 Å². The van der Waals surface area contributed by atoms with Crippen LogP contribution in [0.15, 0.2) is 10.9 Å². The molecule has 2 heterocycles. The summed E-state index contributed by atoms with van der Waals surface area (Å²) in [6.45, 7) is 6.86. The molecule has 5 nitrogen and oxygen atoms in total. The average molecular weight is 360 g/mol. The van der Waals surface area contributed by atoms with E-state index in [0.29, 0.717) is 24.1 Å². The first kappa shape index (κ1) is 19.2. The number of amides is 1. The van der Waals surface area contributed by atoms with Crippen LogP contribution in [0, 0.1) is 12.8 Å². The third kappa shape index (κ3) is 4.03. The number of aryl methyl sites for hydroxylation is 1. The molecule has 2 fully saturated rings. The van der Waals surface area contributed by atoms with Gasteiger partial charge in [0.15, 0.2) is 5.43 Å². The third-order valence-electron chi connectivity index (χ3n) is 6.40. The van der Waals surface area contributed by atoms with E-state index in [0.717, 1.165) is 37.3 Å². The summed E-state index contributed by atoms with van der Waals surface area (Å²) in [4.78, 5) is 28.0. The predicted octanol–water partition coefficient (Wildman–Crippen LogP) is 2.64. The summed E-state index contributed by atoms with van der Waals surface area (Å²) in [5.41, 5.74) is 2.07. The molecule has 1 aromatic rings. The Kier molecular flexibility index (Phi) is 6.17. The first-order valence-corrected chi connectivity index (χ1v) is 10.2. The fraction of sp³-hybridized carbons (Fsp3) is 0.714. The van der Waals surface area contributed by atoms with Crippen LogP contribution >= 0.6 is 0 Å². The number of rotatable bonds is 6. The van der Waals surface area contributed by atoms with Crippen molar-refractivity contribution in [2.75, 3.05) is 19.6 Å². The Bertz CT molecular complexity index is 704. The molecule has 1 unspecified atom stereocenters. The average Bonchev–Trinajstić information content (AvgIpc) is 3.28. The molecule has 0 radical (unpaired) electrons. The summed E-state index contributed by atoms with van der Waals surface area (Å²) in [6, 6.07) is 2.00. The lowest BCUT2D eigenvalue weighted by Gasteiger charge is -2.23. The minimum absolute atomic E-state index is 0.134. The Hall–Kier alpha value is -1.62. The SMILES string of the molecule is CCN1CCCC1CNC(=O)c1c(CC2CCCC2)n(C)c(C)cc1=O. The highest BCUT2D eigenvalue weighted by Gasteiger charge is 2.26. The van der Waals surface area contributed by atoms with Gasteiger partial charge >= 0.3 is 0 Å². The molecule has 1 N–H and O–H groups in total. The van der Waals surface area contributed by atoms with E-state index >= 15 is 0 Å². The number of hydrogen-bond donors (Lipinski definition) is 1. The third-order valence-corrected chi connectivity index (χ3v) is 6.40. The van der Waals surface area contributed by atoms with Gasteiger partial charge in [-0.3, -0.25) is 14.5 Å². The summed E-state index contributed by atoms with van der Waals surface area (Å²) in [5, 5.41) is 3.06. The van der Waals surface area contributed by atoms with Crippen LogP contribution in [-0.2, 0) is 13.5 Å². The van der Waals surface area contributed by atoms with Crippen LogP contribution < -0.4 is 10.7 Å². The zero-order valence-corrected chi connectivity index (χ0v) is 16.5. The van der Waals surface area contributed by atoms with Crippen LogP contribution in [0.3, 0.4) is 0 Å². The zero-order valence-electron chi connectivity index (χ0n) is 16.5. The molecule has 3 rings (SSSR count). The highest BCUT2D eigenvalue weighted by atomic mass is 16.2. The second-order valence-corrected chi connectivity index (χ2v) is 8.02. The summed E-state index contributed by atoms with van der Waals surface area (Å²) in [7, 11) is 1.98. The van der Waals surface area contributed by atoms with Gasteiger partial charge in [0, 0.05) is 37.1 Å². The quantitative estimate of drug-likeness (QED) is 0.849. The first-order chi connectivity index (χ1) is 12.5. The van der Waals surface area contributed by atoms with Gasteiger partial charge in [-0.05, 0) is 45.2 Å². The topological polar surface area (TPSA) is 54.3 Å². The highest BCUT2D eigenvalue weighted by molar-refractivity contribution is 5.95. The van der Waals surface area contributed by atoms with Crippen molar-refractivity contribution in [2.45, 2.75) is 64.8 Å². The lowest BCUT2D eigenvalue weighted by molar-refractivity contribution is 0.0938. The summed E-state index contributed by atoms with van der Waals surface area (Å²) in [6.07, 6.45) is 8.08. The minimum atomic E-state index is -0.193. The number of nitrogens with zero attached hydrogens (tertiary/aromatic N) is 2. The molecule has 0 bridgehead atoms. The van der Waals surface area contributed by atoms with E-state index in [-0.39, 0.29) is 11.3 Å². The fourth-order valence-electron chi connectivity index (χ4n) is 4.69. The number of pyridine rings is 1. The molecule has 2 aliphatic rings. The van der Waals surface area contributed by atoms with Crippen molar-refractivity contribution in [2.24, 2.45) is 13.0 Å². The van der Waals surface area contributed by atoms with E-state index in [9.17, 15) is 9.59 Å². The first-order valence-electron chi connectivity index (χ1n) is 10.2. The molecule has 26 heavy (non-hydrogen) atoms. The van der Waals surface area contributed by atoms with Crippen LogP contribution in [0.2, 0.25) is 0 Å². The number of likely N-dealkylation sites (tertiary alicyclic amines) is 1. The Balaban J connectivity index is 1.79. The molecule has 5 heteroatoms. The number of carbonyl (C=O) groups excluding carboxylic acids is 1. The van der Waals surface area contributed by atoms with Crippen LogP contribution in [-0.4, -0.2) is 41.1 Å². The normalized spacial score (nSPS) is 21.4. The smallest absolute Gasteiger partial charge is 0.257 e. The van der Waals surface area contributed by atoms with E-state index in [1.165, 1.54) is 32.1 Å². The predicted molar refractivity (Wildman–Crippen MR) is 105 cm³/mol. The highest BCUT2D eigenvalue weighted by Crippen LogP contribution is 2.28. The van der Waals surface area contributed by atoms with Gasteiger partial charge in [-0.25, -0.2) is 0 Å². The van der Waals surface area contributed by atoms with Crippen molar-refractivity contribution in [1.29, 1.82) is 0 Å². The maximum Gasteiger partial charge on any atom is 0.257 e. The molecule has 1 aromatic heterocycles. The van der Waals surface area contributed by atoms with Gasteiger partial charge in [0.1, 0.15) is 5.56 Å². The molecule has 1 atom stereocenters. The van der Waals surface area contributed by atoms with Crippen molar-refractivity contribution in [3.8, 4) is 0 Å². The van der Waals surface area contributed by atoms with E-state index in [1.807, 2.05) is 18.5 Å². The molecule has 1 saturated heterocycles. The minimum Gasteiger partial charge on any atom is -0.351 e. The van der Waals surface area contributed by atoms with Gasteiger partial charge in [-0.2, -0.15) is 0 Å². The van der Waals surface area contributed by atoms with Gasteiger partial charge < -0.3 is 9.88 Å². The van der Waals surface area contributed by atoms with E-state index < -0.39 is 0 Å². The molecule has 0 spiro atoms. The van der Waals surface area contributed by atoms with Crippen LogP contribution in [0.25, 0.3) is 0 Å². The van der Waals surface area contributed by atoms with E-state index in [4.69, 9.17) is 0 Å². The Morgan fingerprint density at radius 1 is 1.23 bits per heavy atom. The standard InChI is InChI=1S/C21H33N3O2/c1-4-24-11-7-10-17(24)14-22-21(26)20-18(13-16-8-5-6-9-16)23(3)15(2)12-19(20)25/h12,16-17H,4-11,13-14H2,1-3H3,(H,22,26). The Morgan fingerprint density at radius 3 is 2.65 bits per heavy atom. The summed E-state index contributed by atoms with van der Waals surface area (Å²) in [5.74, 6) is 0.404. The van der Waals surface area contributed by atoms with E-state index in [1.54, 1.807) is 6.07 Å². The molecule has 1 saturated carbocycles. The molecule has 1 aliphatic heterocycles. The molecular formula is C21H33N3O2. The number of nitrogens with one attached hydrogen (secondary N) is 1. The molecule has 1 amide bonds. The number of hydrogen-bond acceptors (Lipinski definition) is 3. The maximum absolute atomic E-state index is 12.9. The van der Waals surface area contributed by atoms with E-state index in [2.05, 4.69) is 17.1 Å². The van der Waals surface area contributed by atoms with Crippen LogP contribution in [0.1, 0.15) is 67.2 Å². The molecule has 144 valence electrons. The van der Waals surface area contributed by atoms with Crippen LogP contribution in [0.5, 0.6) is 0 Å². The maximum atomic E-state index is 12.9. The van der Waals surface area contributed by atoms with Crippen LogP contribution in [0.4, 0.5) is 0 Å². The van der Waals surface area contributed by atoms with Crippen molar-refractivity contribution in [3.63, 3.8) is 0 Å². The second-order valence-electron chi connectivity index (χ2n) is 8.02. The Morgan fingerprint density at radius 2 is 1.96 bits per heavy atom. The summed E-state index contributed by atoms with van der Waals surface area (Å²) >= 11 is 0. The Labute approximate surface area is 156 Å². The largest absolute Gasteiger partial charge is 0.351 e. The van der Waals surface area contributed by atoms with Crippen molar-refractivity contribution >= 4 is 5.91 Å². The second kappa shape index (κ2) is 8.38. The lowest BCUT2D eigenvalue weighted by atomic mass is 9.97.